The van der Waals surface area contributed by atoms with Gasteiger partial charge in [-0.1, -0.05) is 23.9 Å². The molecule has 0 aliphatic carbocycles. The number of nitrogens with one attached hydrogen (secondary N) is 1. The fourth-order valence-electron chi connectivity index (χ4n) is 3.80. The Balaban J connectivity index is 1.54. The van der Waals surface area contributed by atoms with Crippen LogP contribution >= 0.6 is 23.5 Å². The number of rotatable bonds is 9. The van der Waals surface area contributed by atoms with Crippen LogP contribution in [-0.2, 0) is 25.7 Å². The molecule has 2 aliphatic heterocycles. The van der Waals surface area contributed by atoms with Crippen LogP contribution in [0.5, 0.6) is 5.75 Å². The Hall–Kier alpha value is -3.14. The molecule has 5 N–H and O–H groups in total. The fourth-order valence-corrected chi connectivity index (χ4v) is 6.32. The highest BCUT2D eigenvalue weighted by Crippen LogP contribution is 2.47. The predicted octanol–water partition coefficient (Wildman–Crippen LogP) is -0.0966. The number of ether oxygens (including phenoxy) is 1. The first-order valence-corrected chi connectivity index (χ1v) is 12.5. The van der Waals surface area contributed by atoms with Crippen molar-refractivity contribution in [2.24, 2.45) is 5.73 Å². The van der Waals surface area contributed by atoms with Crippen molar-refractivity contribution < 1.29 is 29.3 Å². The van der Waals surface area contributed by atoms with Crippen molar-refractivity contribution in [3.05, 3.63) is 41.1 Å². The largest absolute Gasteiger partial charge is 0.508 e. The molecular weight excluding hydrogens is 498 g/mol. The summed E-state index contributed by atoms with van der Waals surface area (Å²) < 4.78 is 7.04. The molecule has 35 heavy (non-hydrogen) atoms. The molecule has 1 fully saturated rings. The number of amides is 2. The van der Waals surface area contributed by atoms with E-state index in [2.05, 4.69) is 20.8 Å². The van der Waals surface area contributed by atoms with Crippen LogP contribution in [0.2, 0.25) is 0 Å². The van der Waals surface area contributed by atoms with Gasteiger partial charge in [0.2, 0.25) is 11.1 Å². The molecule has 0 saturated carbocycles. The van der Waals surface area contributed by atoms with Gasteiger partial charge in [0.1, 0.15) is 22.9 Å². The summed E-state index contributed by atoms with van der Waals surface area (Å²) in [5, 5.41) is 33.1. The third-order valence-corrected chi connectivity index (χ3v) is 8.07. The van der Waals surface area contributed by atoms with Crippen molar-refractivity contribution in [3.63, 3.8) is 0 Å². The number of thioether (sulfide) groups is 2. The zero-order valence-electron chi connectivity index (χ0n) is 18.7. The number of phenolic OH excluding ortho intramolecular Hbond substituents is 1. The van der Waals surface area contributed by atoms with Gasteiger partial charge in [0, 0.05) is 25.2 Å². The SMILES string of the molecule is CCn1nnnc1SCC1=C(C(=O)O)N2C(=O)[C@](NC(=O)C(N)c3ccc(O)cc3)(OC)[C@@H]2SC1. The van der Waals surface area contributed by atoms with Gasteiger partial charge < -0.3 is 26.0 Å². The second-order valence-electron chi connectivity index (χ2n) is 7.66. The lowest BCUT2D eigenvalue weighted by Gasteiger charge is -2.56. The van der Waals surface area contributed by atoms with Crippen LogP contribution in [0, 0.1) is 0 Å². The number of carbonyl (C=O) groups is 3. The molecule has 13 nitrogen and oxygen atoms in total. The van der Waals surface area contributed by atoms with Gasteiger partial charge in [0.15, 0.2) is 0 Å². The molecule has 15 heteroatoms. The average molecular weight is 522 g/mol. The number of aromatic hydroxyl groups is 1. The van der Waals surface area contributed by atoms with E-state index in [4.69, 9.17) is 10.5 Å². The molecular formula is C20H23N7O6S2. The van der Waals surface area contributed by atoms with Crippen molar-refractivity contribution in [2.75, 3.05) is 18.6 Å². The van der Waals surface area contributed by atoms with Crippen LogP contribution in [0.25, 0.3) is 0 Å². The predicted molar refractivity (Wildman–Crippen MR) is 125 cm³/mol. The monoisotopic (exact) mass is 521 g/mol. The van der Waals surface area contributed by atoms with Crippen LogP contribution in [0.15, 0.2) is 40.7 Å². The number of aryl methyl sites for hydroxylation is 1. The third kappa shape index (κ3) is 4.35. The van der Waals surface area contributed by atoms with E-state index in [9.17, 15) is 24.6 Å². The van der Waals surface area contributed by atoms with Gasteiger partial charge in [-0.25, -0.2) is 9.48 Å². The molecule has 2 amide bonds. The van der Waals surface area contributed by atoms with Gasteiger partial charge in [-0.2, -0.15) is 0 Å². The number of fused-ring (bicyclic) bond motifs is 1. The number of methoxy groups -OCH3 is 1. The Kier molecular flexibility index (Phi) is 7.02. The second-order valence-corrected chi connectivity index (χ2v) is 9.67. The smallest absolute Gasteiger partial charge is 0.352 e. The number of aliphatic carboxylic acids is 1. The van der Waals surface area contributed by atoms with Crippen LogP contribution in [0.4, 0.5) is 0 Å². The van der Waals surface area contributed by atoms with E-state index < -0.39 is 34.9 Å². The zero-order chi connectivity index (χ0) is 25.3. The highest BCUT2D eigenvalue weighted by molar-refractivity contribution is 8.01. The summed E-state index contributed by atoms with van der Waals surface area (Å²) in [4.78, 5) is 39.4. The minimum atomic E-state index is -1.76. The summed E-state index contributed by atoms with van der Waals surface area (Å²) in [6.07, 6.45) is 0. The maximum absolute atomic E-state index is 13.2. The number of tetrazole rings is 1. The Morgan fingerprint density at radius 2 is 2.11 bits per heavy atom. The summed E-state index contributed by atoms with van der Waals surface area (Å²) in [6.45, 7) is 2.44. The van der Waals surface area contributed by atoms with Gasteiger partial charge in [0.25, 0.3) is 11.6 Å². The van der Waals surface area contributed by atoms with E-state index in [1.54, 1.807) is 4.68 Å². The standard InChI is InChI=1S/C20H23N7O6S2/c1-3-26-19(23-24-25-26)35-9-11-8-34-18-20(33-2,17(32)27(18)14(11)16(30)31)22-15(29)13(21)10-4-6-12(28)7-5-10/h4-7,13,18,28H,3,8-9,21H2,1-2H3,(H,22,29)(H,30,31)/t13?,18-,20-/m0/s1. The van der Waals surface area contributed by atoms with Crippen LogP contribution in [0.1, 0.15) is 18.5 Å². The number of aromatic nitrogens is 4. The van der Waals surface area contributed by atoms with Crippen molar-refractivity contribution in [2.45, 2.75) is 35.8 Å². The molecule has 0 spiro atoms. The van der Waals surface area contributed by atoms with Crippen LogP contribution in [0.3, 0.4) is 0 Å². The Bertz CT molecular complexity index is 1190. The van der Waals surface area contributed by atoms with Crippen molar-refractivity contribution in [1.29, 1.82) is 0 Å². The van der Waals surface area contributed by atoms with Gasteiger partial charge in [0.05, 0.1) is 0 Å². The molecule has 4 rings (SSSR count). The molecule has 0 radical (unpaired) electrons. The normalized spacial score (nSPS) is 22.4. The number of benzene rings is 1. The summed E-state index contributed by atoms with van der Waals surface area (Å²) in [5.74, 6) is -2.07. The maximum atomic E-state index is 13.2. The number of nitrogens with zero attached hydrogens (tertiary/aromatic N) is 5. The summed E-state index contributed by atoms with van der Waals surface area (Å²) >= 11 is 2.55. The first-order valence-electron chi connectivity index (χ1n) is 10.4. The summed E-state index contributed by atoms with van der Waals surface area (Å²) in [7, 11) is 1.27. The molecule has 186 valence electrons. The Morgan fingerprint density at radius 1 is 1.40 bits per heavy atom. The van der Waals surface area contributed by atoms with E-state index in [1.807, 2.05) is 6.92 Å². The zero-order valence-corrected chi connectivity index (χ0v) is 20.4. The number of hydrogen-bond donors (Lipinski definition) is 4. The molecule has 1 aromatic heterocycles. The van der Waals surface area contributed by atoms with Gasteiger partial charge in [-0.15, -0.1) is 16.9 Å². The van der Waals surface area contributed by atoms with Crippen LogP contribution < -0.4 is 11.1 Å². The lowest BCUT2D eigenvalue weighted by Crippen LogP contribution is -2.81. The molecule has 2 aliphatic rings. The van der Waals surface area contributed by atoms with Crippen molar-refractivity contribution in [1.82, 2.24) is 30.4 Å². The average Bonchev–Trinajstić information content (AvgIpc) is 3.32. The molecule has 2 aromatic rings. The number of carbonyl (C=O) groups excluding carboxylic acids is 2. The van der Waals surface area contributed by atoms with E-state index in [-0.39, 0.29) is 17.2 Å². The molecule has 1 aromatic carbocycles. The first kappa shape index (κ1) is 25.0. The lowest BCUT2D eigenvalue weighted by molar-refractivity contribution is -0.192. The molecule has 3 atom stereocenters. The third-order valence-electron chi connectivity index (χ3n) is 5.65. The second kappa shape index (κ2) is 9.85. The van der Waals surface area contributed by atoms with E-state index >= 15 is 0 Å². The maximum Gasteiger partial charge on any atom is 0.352 e. The van der Waals surface area contributed by atoms with E-state index in [1.165, 1.54) is 54.9 Å². The van der Waals surface area contributed by atoms with Crippen molar-refractivity contribution in [3.8, 4) is 5.75 Å². The topological polar surface area (TPSA) is 186 Å². The Morgan fingerprint density at radius 3 is 2.74 bits per heavy atom. The number of carboxylic acid groups (broad SMARTS) is 1. The molecule has 1 unspecified atom stereocenters. The first-order chi connectivity index (χ1) is 16.7. The molecule has 0 bridgehead atoms. The number of phenols is 1. The lowest BCUT2D eigenvalue weighted by atomic mass is 9.97. The quantitative estimate of drug-likeness (QED) is 0.195. The van der Waals surface area contributed by atoms with Crippen LogP contribution in [-0.4, -0.2) is 82.8 Å². The highest BCUT2D eigenvalue weighted by atomic mass is 32.2. The minimum absolute atomic E-state index is 0.0197. The molecule has 3 heterocycles. The van der Waals surface area contributed by atoms with Gasteiger partial charge in [-0.05, 0) is 40.6 Å². The van der Waals surface area contributed by atoms with E-state index in [0.717, 1.165) is 4.90 Å². The molecule has 1 saturated heterocycles. The van der Waals surface area contributed by atoms with Gasteiger partial charge >= 0.3 is 5.97 Å². The van der Waals surface area contributed by atoms with Crippen molar-refractivity contribution >= 4 is 41.3 Å². The fraction of sp³-hybridized carbons (Fsp3) is 0.400. The summed E-state index contributed by atoms with van der Waals surface area (Å²) in [5.41, 5.74) is 5.09. The number of β-lactam (4-membered cyclic amide) rings is 1. The Labute approximate surface area is 208 Å². The number of hydrogen-bond acceptors (Lipinski definition) is 11. The van der Waals surface area contributed by atoms with E-state index in [0.29, 0.717) is 28.6 Å². The number of nitrogens with two attached hydrogens (primary N) is 1. The summed E-state index contributed by atoms with van der Waals surface area (Å²) in [6, 6.07) is 4.64. The number of carboxylic acids is 1. The highest BCUT2D eigenvalue weighted by Gasteiger charge is 2.66. The van der Waals surface area contributed by atoms with Gasteiger partial charge in [-0.3, -0.25) is 14.5 Å². The minimum Gasteiger partial charge on any atom is -0.508 e.